The van der Waals surface area contributed by atoms with Gasteiger partial charge in [0.15, 0.2) is 0 Å². The van der Waals surface area contributed by atoms with Crippen molar-refractivity contribution in [1.29, 1.82) is 0 Å². The summed E-state index contributed by atoms with van der Waals surface area (Å²) in [5.41, 5.74) is 0.317. The Balaban J connectivity index is 1.93. The summed E-state index contributed by atoms with van der Waals surface area (Å²) in [5, 5.41) is 2.50. The number of rotatable bonds is 6. The average molecular weight is 480 g/mol. The summed E-state index contributed by atoms with van der Waals surface area (Å²) < 4.78 is 40.9. The minimum Gasteiger partial charge on any atom is -0.326 e. The zero-order valence-electron chi connectivity index (χ0n) is 12.2. The third kappa shape index (κ3) is 5.37. The van der Waals surface area contributed by atoms with E-state index in [1.165, 1.54) is 24.3 Å². The zero-order valence-corrected chi connectivity index (χ0v) is 16.2. The summed E-state index contributed by atoms with van der Waals surface area (Å²) in [7, 11) is -3.76. The van der Waals surface area contributed by atoms with E-state index in [0.717, 1.165) is 0 Å². The van der Waals surface area contributed by atoms with Gasteiger partial charge in [-0.2, -0.15) is 0 Å². The maximum atomic E-state index is 13.0. The van der Waals surface area contributed by atoms with Crippen molar-refractivity contribution in [1.82, 2.24) is 4.72 Å². The molecule has 0 atom stereocenters. The molecule has 2 rings (SSSR count). The highest BCUT2D eigenvalue weighted by atomic mass is 79.9. The van der Waals surface area contributed by atoms with E-state index in [-0.39, 0.29) is 17.9 Å². The summed E-state index contributed by atoms with van der Waals surface area (Å²) in [6.45, 7) is -0.0809. The molecule has 0 aliphatic rings. The molecule has 2 aromatic carbocycles. The van der Waals surface area contributed by atoms with Crippen LogP contribution < -0.4 is 10.0 Å². The minimum atomic E-state index is -3.76. The maximum Gasteiger partial charge on any atom is 0.241 e. The molecule has 0 fully saturated rings. The van der Waals surface area contributed by atoms with Gasteiger partial charge in [-0.3, -0.25) is 4.79 Å². The van der Waals surface area contributed by atoms with Crippen LogP contribution in [0.15, 0.2) is 56.3 Å². The van der Waals surface area contributed by atoms with Crippen LogP contribution >= 0.6 is 31.9 Å². The van der Waals surface area contributed by atoms with E-state index in [1.54, 1.807) is 18.2 Å². The van der Waals surface area contributed by atoms with Gasteiger partial charge in [0.25, 0.3) is 0 Å². The molecule has 2 N–H and O–H groups in total. The SMILES string of the molecule is O=C(CCNS(=O)(=O)c1cc(Br)ccc1Br)Nc1cccc(F)c1. The van der Waals surface area contributed by atoms with Gasteiger partial charge in [-0.25, -0.2) is 17.5 Å². The van der Waals surface area contributed by atoms with Crippen LogP contribution in [0.3, 0.4) is 0 Å². The molecular weight excluding hydrogens is 467 g/mol. The number of benzene rings is 2. The Bertz CT molecular complexity index is 860. The number of nitrogens with one attached hydrogen (secondary N) is 2. The number of hydrogen-bond acceptors (Lipinski definition) is 3. The molecule has 0 spiro atoms. The van der Waals surface area contributed by atoms with Crippen LogP contribution in [0.4, 0.5) is 10.1 Å². The predicted molar refractivity (Wildman–Crippen MR) is 96.7 cm³/mol. The van der Waals surface area contributed by atoms with Crippen molar-refractivity contribution in [2.75, 3.05) is 11.9 Å². The molecular formula is C15H13Br2FN2O3S. The molecule has 0 heterocycles. The van der Waals surface area contributed by atoms with Gasteiger partial charge in [0.05, 0.1) is 4.90 Å². The van der Waals surface area contributed by atoms with E-state index >= 15 is 0 Å². The fraction of sp³-hybridized carbons (Fsp3) is 0.133. The summed E-state index contributed by atoms with van der Waals surface area (Å²) in [6.07, 6.45) is -0.0820. The molecule has 9 heteroatoms. The summed E-state index contributed by atoms with van der Waals surface area (Å²) >= 11 is 6.40. The molecule has 24 heavy (non-hydrogen) atoms. The van der Waals surface area contributed by atoms with Crippen LogP contribution in [0.2, 0.25) is 0 Å². The highest BCUT2D eigenvalue weighted by Crippen LogP contribution is 2.25. The van der Waals surface area contributed by atoms with Crippen molar-refractivity contribution < 1.29 is 17.6 Å². The maximum absolute atomic E-state index is 13.0. The van der Waals surface area contributed by atoms with Gasteiger partial charge in [-0.1, -0.05) is 22.0 Å². The van der Waals surface area contributed by atoms with Crippen LogP contribution in [0.1, 0.15) is 6.42 Å². The van der Waals surface area contributed by atoms with E-state index in [9.17, 15) is 17.6 Å². The van der Waals surface area contributed by atoms with Gasteiger partial charge >= 0.3 is 0 Å². The smallest absolute Gasteiger partial charge is 0.241 e. The molecule has 0 radical (unpaired) electrons. The number of carbonyl (C=O) groups excluding carboxylic acids is 1. The molecule has 2 aromatic rings. The molecule has 0 aromatic heterocycles. The van der Waals surface area contributed by atoms with Crippen molar-refractivity contribution >= 4 is 53.5 Å². The van der Waals surface area contributed by atoms with Gasteiger partial charge in [-0.05, 0) is 52.3 Å². The van der Waals surface area contributed by atoms with Crippen molar-refractivity contribution in [3.8, 4) is 0 Å². The molecule has 0 aliphatic carbocycles. The van der Waals surface area contributed by atoms with Gasteiger partial charge in [0.1, 0.15) is 5.82 Å². The lowest BCUT2D eigenvalue weighted by Crippen LogP contribution is -2.28. The summed E-state index contributed by atoms with van der Waals surface area (Å²) in [5.74, 6) is -0.885. The van der Waals surface area contributed by atoms with E-state index < -0.39 is 21.7 Å². The Hall–Kier alpha value is -1.29. The predicted octanol–water partition coefficient (Wildman–Crippen LogP) is 3.66. The average Bonchev–Trinajstić information content (AvgIpc) is 2.49. The minimum absolute atomic E-state index is 0.0717. The van der Waals surface area contributed by atoms with E-state index in [0.29, 0.717) is 14.6 Å². The second-order valence-corrected chi connectivity index (χ2v) is 8.29. The molecule has 0 saturated carbocycles. The normalized spacial score (nSPS) is 11.3. The van der Waals surface area contributed by atoms with Crippen molar-refractivity contribution in [2.24, 2.45) is 0 Å². The molecule has 0 unspecified atom stereocenters. The number of amides is 1. The van der Waals surface area contributed by atoms with Crippen molar-refractivity contribution in [3.63, 3.8) is 0 Å². The first kappa shape index (κ1) is 19.0. The lowest BCUT2D eigenvalue weighted by atomic mass is 10.3. The van der Waals surface area contributed by atoms with Gasteiger partial charge in [-0.15, -0.1) is 0 Å². The standard InChI is InChI=1S/C15H13Br2FN2O3S/c16-10-4-5-13(17)14(8-10)24(22,23)19-7-6-15(21)20-12-3-1-2-11(18)9-12/h1-5,8-9,19H,6-7H2,(H,20,21). The van der Waals surface area contributed by atoms with E-state index in [4.69, 9.17) is 0 Å². The third-order valence-electron chi connectivity index (χ3n) is 2.94. The first-order valence-corrected chi connectivity index (χ1v) is 9.85. The monoisotopic (exact) mass is 478 g/mol. The topological polar surface area (TPSA) is 75.3 Å². The fourth-order valence-electron chi connectivity index (χ4n) is 1.85. The Morgan fingerprint density at radius 2 is 1.88 bits per heavy atom. The Morgan fingerprint density at radius 1 is 1.12 bits per heavy atom. The molecule has 0 bridgehead atoms. The number of halogens is 3. The Kier molecular flexibility index (Phi) is 6.50. The van der Waals surface area contributed by atoms with Crippen LogP contribution in [0.5, 0.6) is 0 Å². The second kappa shape index (κ2) is 8.19. The quantitative estimate of drug-likeness (QED) is 0.663. The summed E-state index contributed by atoms with van der Waals surface area (Å²) in [6, 6.07) is 10.2. The van der Waals surface area contributed by atoms with Crippen LogP contribution in [0, 0.1) is 5.82 Å². The first-order chi connectivity index (χ1) is 11.3. The molecule has 0 aliphatic heterocycles. The van der Waals surface area contributed by atoms with Gasteiger partial charge < -0.3 is 5.32 Å². The van der Waals surface area contributed by atoms with Crippen molar-refractivity contribution in [2.45, 2.75) is 11.3 Å². The first-order valence-electron chi connectivity index (χ1n) is 6.78. The highest BCUT2D eigenvalue weighted by molar-refractivity contribution is 9.11. The fourth-order valence-corrected chi connectivity index (χ4v) is 4.38. The second-order valence-electron chi connectivity index (χ2n) is 4.78. The van der Waals surface area contributed by atoms with Gasteiger partial charge in [0, 0.05) is 27.6 Å². The number of sulfonamides is 1. The Morgan fingerprint density at radius 3 is 2.58 bits per heavy atom. The third-order valence-corrected chi connectivity index (χ3v) is 5.88. The summed E-state index contributed by atoms with van der Waals surface area (Å²) in [4.78, 5) is 11.9. The van der Waals surface area contributed by atoms with Crippen LogP contribution in [-0.2, 0) is 14.8 Å². The van der Waals surface area contributed by atoms with Gasteiger partial charge in [0.2, 0.25) is 15.9 Å². The molecule has 128 valence electrons. The largest absolute Gasteiger partial charge is 0.326 e. The Labute approximate surface area is 156 Å². The van der Waals surface area contributed by atoms with E-state index in [1.807, 2.05) is 0 Å². The van der Waals surface area contributed by atoms with Crippen LogP contribution in [-0.4, -0.2) is 20.9 Å². The molecule has 0 saturated heterocycles. The molecule has 1 amide bonds. The van der Waals surface area contributed by atoms with Crippen LogP contribution in [0.25, 0.3) is 0 Å². The molecule has 5 nitrogen and oxygen atoms in total. The number of carbonyl (C=O) groups is 1. The van der Waals surface area contributed by atoms with E-state index in [2.05, 4.69) is 41.9 Å². The number of anilines is 1. The lowest BCUT2D eigenvalue weighted by molar-refractivity contribution is -0.116. The zero-order chi connectivity index (χ0) is 17.7. The lowest BCUT2D eigenvalue weighted by Gasteiger charge is -2.09. The highest BCUT2D eigenvalue weighted by Gasteiger charge is 2.18. The number of hydrogen-bond donors (Lipinski definition) is 2. The van der Waals surface area contributed by atoms with Crippen molar-refractivity contribution in [3.05, 3.63) is 57.2 Å².